The quantitative estimate of drug-likeness (QED) is 0.456. The van der Waals surface area contributed by atoms with Crippen molar-refractivity contribution in [1.82, 2.24) is 15.5 Å². The highest BCUT2D eigenvalue weighted by molar-refractivity contribution is 5.77. The fraction of sp³-hybridized carbons (Fsp3) is 0.125. The number of carbonyl (C=O) groups excluding carboxylic acids is 1. The molecule has 0 fully saturated rings. The minimum Gasteiger partial charge on any atom is -0.484 e. The Kier molecular flexibility index (Phi) is 6.21. The summed E-state index contributed by atoms with van der Waals surface area (Å²) in [6.45, 7) is 1.69. The van der Waals surface area contributed by atoms with Crippen LogP contribution in [0, 0.1) is 18.6 Å². The van der Waals surface area contributed by atoms with E-state index < -0.39 is 17.5 Å². The van der Waals surface area contributed by atoms with Gasteiger partial charge in [-0.3, -0.25) is 4.79 Å². The number of nitrogens with zero attached hydrogens (tertiary/aromatic N) is 2. The van der Waals surface area contributed by atoms with Crippen molar-refractivity contribution in [2.45, 2.75) is 13.5 Å². The summed E-state index contributed by atoms with van der Waals surface area (Å²) in [5.74, 6) is -0.488. The zero-order valence-electron chi connectivity index (χ0n) is 17.1. The van der Waals surface area contributed by atoms with E-state index in [0.29, 0.717) is 23.0 Å². The summed E-state index contributed by atoms with van der Waals surface area (Å²) in [6, 6.07) is 17.8. The molecule has 0 saturated carbocycles. The van der Waals surface area contributed by atoms with E-state index in [1.807, 2.05) is 31.2 Å². The topological polar surface area (TPSA) is 77.2 Å². The molecule has 162 valence electrons. The van der Waals surface area contributed by atoms with Crippen molar-refractivity contribution in [3.63, 3.8) is 0 Å². The normalized spacial score (nSPS) is 10.7. The summed E-state index contributed by atoms with van der Waals surface area (Å²) >= 11 is 0. The number of hydrogen-bond acceptors (Lipinski definition) is 5. The van der Waals surface area contributed by atoms with Crippen molar-refractivity contribution in [3.8, 4) is 28.6 Å². The molecule has 0 aliphatic carbocycles. The maximum absolute atomic E-state index is 13.6. The first-order valence-electron chi connectivity index (χ1n) is 9.82. The summed E-state index contributed by atoms with van der Waals surface area (Å²) in [5.41, 5.74) is 2.90. The first-order valence-corrected chi connectivity index (χ1v) is 9.82. The predicted molar refractivity (Wildman–Crippen MR) is 114 cm³/mol. The van der Waals surface area contributed by atoms with Crippen molar-refractivity contribution >= 4 is 5.91 Å². The molecule has 3 aromatic carbocycles. The van der Waals surface area contributed by atoms with Gasteiger partial charge in [0.25, 0.3) is 11.8 Å². The van der Waals surface area contributed by atoms with Crippen LogP contribution in [-0.4, -0.2) is 22.7 Å². The molecule has 1 aromatic heterocycles. The van der Waals surface area contributed by atoms with Crippen LogP contribution in [0.15, 0.2) is 71.3 Å². The summed E-state index contributed by atoms with van der Waals surface area (Å²) in [4.78, 5) is 16.4. The number of carbonyl (C=O) groups is 1. The molecule has 0 radical (unpaired) electrons. The lowest BCUT2D eigenvalue weighted by atomic mass is 10.1. The summed E-state index contributed by atoms with van der Waals surface area (Å²) in [6.07, 6.45) is 0. The molecule has 0 bridgehead atoms. The van der Waals surface area contributed by atoms with E-state index in [9.17, 15) is 13.6 Å². The Balaban J connectivity index is 1.31. The van der Waals surface area contributed by atoms with Gasteiger partial charge in [0.2, 0.25) is 5.82 Å². The highest BCUT2D eigenvalue weighted by Gasteiger charge is 2.11. The first-order chi connectivity index (χ1) is 15.5. The predicted octanol–water partition coefficient (Wildman–Crippen LogP) is 4.69. The summed E-state index contributed by atoms with van der Waals surface area (Å²) in [7, 11) is 0. The number of rotatable bonds is 7. The second kappa shape index (κ2) is 9.38. The molecule has 1 N–H and O–H groups in total. The first kappa shape index (κ1) is 21.2. The zero-order chi connectivity index (χ0) is 22.5. The second-order valence-electron chi connectivity index (χ2n) is 7.11. The molecule has 6 nitrogen and oxygen atoms in total. The Morgan fingerprint density at radius 3 is 2.44 bits per heavy atom. The lowest BCUT2D eigenvalue weighted by Gasteiger charge is -2.08. The summed E-state index contributed by atoms with van der Waals surface area (Å²) < 4.78 is 37.3. The van der Waals surface area contributed by atoms with Gasteiger partial charge in [0, 0.05) is 29.3 Å². The minimum atomic E-state index is -0.714. The van der Waals surface area contributed by atoms with Gasteiger partial charge >= 0.3 is 0 Å². The molecular weight excluding hydrogens is 416 g/mol. The highest BCUT2D eigenvalue weighted by Crippen LogP contribution is 2.24. The van der Waals surface area contributed by atoms with Gasteiger partial charge in [-0.2, -0.15) is 4.98 Å². The third-order valence-electron chi connectivity index (χ3n) is 4.70. The Labute approximate surface area is 182 Å². The monoisotopic (exact) mass is 435 g/mol. The fourth-order valence-electron chi connectivity index (χ4n) is 2.91. The summed E-state index contributed by atoms with van der Waals surface area (Å²) in [5, 5.41) is 6.54. The van der Waals surface area contributed by atoms with Crippen LogP contribution in [0.3, 0.4) is 0 Å². The number of aromatic nitrogens is 2. The zero-order valence-corrected chi connectivity index (χ0v) is 17.1. The largest absolute Gasteiger partial charge is 0.484 e. The van der Waals surface area contributed by atoms with E-state index in [-0.39, 0.29) is 18.7 Å². The van der Waals surface area contributed by atoms with Crippen LogP contribution in [0.4, 0.5) is 8.78 Å². The number of benzene rings is 3. The van der Waals surface area contributed by atoms with Crippen LogP contribution in [0.25, 0.3) is 22.8 Å². The number of hydrogen-bond donors (Lipinski definition) is 1. The molecular formula is C24H19F2N3O3. The highest BCUT2D eigenvalue weighted by atomic mass is 19.1. The standard InChI is InChI=1S/C24H19F2N3O3/c1-15-2-4-16(5-3-15)23-28-24(32-29-23)17-7-10-20(11-8-17)31-14-22(30)27-13-18-6-9-19(25)12-21(18)26/h2-12H,13-14H2,1H3,(H,27,30). The van der Waals surface area contributed by atoms with Gasteiger partial charge in [-0.25, -0.2) is 8.78 Å². The van der Waals surface area contributed by atoms with Crippen molar-refractivity contribution in [3.05, 3.63) is 89.5 Å². The molecule has 1 amide bonds. The van der Waals surface area contributed by atoms with E-state index in [0.717, 1.165) is 23.3 Å². The van der Waals surface area contributed by atoms with Crippen molar-refractivity contribution in [2.75, 3.05) is 6.61 Å². The van der Waals surface area contributed by atoms with E-state index >= 15 is 0 Å². The Hall–Kier alpha value is -4.07. The number of halogens is 2. The molecule has 32 heavy (non-hydrogen) atoms. The molecule has 0 atom stereocenters. The molecule has 0 unspecified atom stereocenters. The third-order valence-corrected chi connectivity index (χ3v) is 4.70. The SMILES string of the molecule is Cc1ccc(-c2noc(-c3ccc(OCC(=O)NCc4ccc(F)cc4F)cc3)n2)cc1. The van der Waals surface area contributed by atoms with Crippen molar-refractivity contribution < 1.29 is 22.8 Å². The van der Waals surface area contributed by atoms with E-state index in [2.05, 4.69) is 15.5 Å². The van der Waals surface area contributed by atoms with Gasteiger partial charge in [0.15, 0.2) is 6.61 Å². The van der Waals surface area contributed by atoms with E-state index in [1.54, 1.807) is 24.3 Å². The second-order valence-corrected chi connectivity index (χ2v) is 7.11. The van der Waals surface area contributed by atoms with Crippen LogP contribution < -0.4 is 10.1 Å². The van der Waals surface area contributed by atoms with Gasteiger partial charge in [-0.1, -0.05) is 41.1 Å². The van der Waals surface area contributed by atoms with Gasteiger partial charge in [0.05, 0.1) is 0 Å². The molecule has 0 saturated heterocycles. The van der Waals surface area contributed by atoms with E-state index in [4.69, 9.17) is 9.26 Å². The molecule has 0 aliphatic heterocycles. The number of ether oxygens (including phenoxy) is 1. The van der Waals surface area contributed by atoms with Crippen LogP contribution in [0.2, 0.25) is 0 Å². The van der Waals surface area contributed by atoms with Gasteiger partial charge in [-0.15, -0.1) is 0 Å². The van der Waals surface area contributed by atoms with E-state index in [1.165, 1.54) is 6.07 Å². The lowest BCUT2D eigenvalue weighted by molar-refractivity contribution is -0.123. The number of nitrogens with one attached hydrogen (secondary N) is 1. The molecule has 1 heterocycles. The van der Waals surface area contributed by atoms with Crippen LogP contribution in [0.1, 0.15) is 11.1 Å². The Morgan fingerprint density at radius 1 is 1.00 bits per heavy atom. The average Bonchev–Trinajstić information content (AvgIpc) is 3.28. The van der Waals surface area contributed by atoms with Gasteiger partial charge in [0.1, 0.15) is 17.4 Å². The minimum absolute atomic E-state index is 0.0618. The Bertz CT molecular complexity index is 1220. The molecule has 4 rings (SSSR count). The maximum Gasteiger partial charge on any atom is 0.258 e. The maximum atomic E-state index is 13.6. The van der Waals surface area contributed by atoms with Gasteiger partial charge < -0.3 is 14.6 Å². The molecule has 4 aromatic rings. The molecule has 8 heteroatoms. The molecule has 0 aliphatic rings. The number of aryl methyl sites for hydroxylation is 1. The number of amides is 1. The smallest absolute Gasteiger partial charge is 0.258 e. The Morgan fingerprint density at radius 2 is 1.72 bits per heavy atom. The third kappa shape index (κ3) is 5.15. The molecule has 0 spiro atoms. The average molecular weight is 435 g/mol. The van der Waals surface area contributed by atoms with Gasteiger partial charge in [-0.05, 0) is 37.3 Å². The van der Waals surface area contributed by atoms with Crippen LogP contribution >= 0.6 is 0 Å². The van der Waals surface area contributed by atoms with Crippen LogP contribution in [-0.2, 0) is 11.3 Å². The van der Waals surface area contributed by atoms with Crippen molar-refractivity contribution in [1.29, 1.82) is 0 Å². The lowest BCUT2D eigenvalue weighted by Crippen LogP contribution is -2.28. The van der Waals surface area contributed by atoms with Crippen molar-refractivity contribution in [2.24, 2.45) is 0 Å². The van der Waals surface area contributed by atoms with Crippen LogP contribution in [0.5, 0.6) is 5.75 Å². The fourth-order valence-corrected chi connectivity index (χ4v) is 2.91.